The van der Waals surface area contributed by atoms with Gasteiger partial charge in [0.15, 0.2) is 0 Å². The summed E-state index contributed by atoms with van der Waals surface area (Å²) in [4.78, 5) is 28.4. The van der Waals surface area contributed by atoms with Crippen molar-refractivity contribution in [2.75, 3.05) is 39.4 Å². The number of amides is 2. The quantitative estimate of drug-likeness (QED) is 0.298. The third kappa shape index (κ3) is 5.21. The van der Waals surface area contributed by atoms with Gasteiger partial charge in [-0.2, -0.15) is 0 Å². The van der Waals surface area contributed by atoms with Gasteiger partial charge >= 0.3 is 0 Å². The van der Waals surface area contributed by atoms with E-state index in [1.807, 2.05) is 50.2 Å². The number of nitrogens with zero attached hydrogens (tertiary/aromatic N) is 3. The average molecular weight is 552 g/mol. The van der Waals surface area contributed by atoms with Crippen LogP contribution >= 0.6 is 0 Å². The van der Waals surface area contributed by atoms with Crippen molar-refractivity contribution in [1.82, 2.24) is 19.9 Å². The van der Waals surface area contributed by atoms with Crippen LogP contribution in [-0.4, -0.2) is 65.8 Å². The summed E-state index contributed by atoms with van der Waals surface area (Å²) < 4.78 is 13.0. The highest BCUT2D eigenvalue weighted by Crippen LogP contribution is 2.38. The maximum absolute atomic E-state index is 13.2. The number of aryl methyl sites for hydroxylation is 2. The predicted molar refractivity (Wildman–Crippen MR) is 158 cm³/mol. The first-order valence-corrected chi connectivity index (χ1v) is 13.9. The number of ether oxygens (including phenoxy) is 1. The summed E-state index contributed by atoms with van der Waals surface area (Å²) in [5, 5.41) is 8.69. The molecule has 210 valence electrons. The number of hydrogen-bond donors (Lipinski definition) is 2. The highest BCUT2D eigenvalue weighted by atomic mass is 16.5. The second-order valence-corrected chi connectivity index (χ2v) is 10.5. The van der Waals surface area contributed by atoms with Crippen LogP contribution in [0.2, 0.25) is 0 Å². The van der Waals surface area contributed by atoms with Gasteiger partial charge in [0.05, 0.1) is 24.4 Å². The summed E-state index contributed by atoms with van der Waals surface area (Å²) in [6, 6.07) is 19.7. The Bertz CT molecular complexity index is 1730. The van der Waals surface area contributed by atoms with Gasteiger partial charge in [-0.15, -0.1) is 0 Å². The lowest BCUT2D eigenvalue weighted by Crippen LogP contribution is -2.41. The van der Waals surface area contributed by atoms with E-state index in [4.69, 9.17) is 15.0 Å². The van der Waals surface area contributed by atoms with Gasteiger partial charge in [0.25, 0.3) is 5.91 Å². The molecule has 2 amide bonds. The average Bonchev–Trinajstić information content (AvgIpc) is 3.48. The lowest BCUT2D eigenvalue weighted by Gasteiger charge is -2.26. The zero-order valence-corrected chi connectivity index (χ0v) is 23.3. The van der Waals surface area contributed by atoms with E-state index < -0.39 is 5.91 Å². The summed E-state index contributed by atoms with van der Waals surface area (Å²) in [6.07, 6.45) is 0. The van der Waals surface area contributed by atoms with Crippen LogP contribution in [0.5, 0.6) is 0 Å². The Morgan fingerprint density at radius 1 is 1.00 bits per heavy atom. The van der Waals surface area contributed by atoms with Crippen LogP contribution in [-0.2, 0) is 11.3 Å². The van der Waals surface area contributed by atoms with Gasteiger partial charge in [0.2, 0.25) is 5.91 Å². The molecule has 3 aromatic carbocycles. The summed E-state index contributed by atoms with van der Waals surface area (Å²) >= 11 is 0. The molecule has 2 aromatic heterocycles. The number of nitrogens with one attached hydrogen (secondary N) is 1. The molecule has 1 saturated heterocycles. The largest absolute Gasteiger partial charge is 0.379 e. The molecule has 0 spiro atoms. The summed E-state index contributed by atoms with van der Waals surface area (Å²) in [6.45, 7) is 8.80. The molecule has 0 radical (unpaired) electrons. The van der Waals surface area contributed by atoms with Gasteiger partial charge in [0.1, 0.15) is 5.76 Å². The molecular weight excluding hydrogens is 518 g/mol. The van der Waals surface area contributed by atoms with Gasteiger partial charge in [0, 0.05) is 65.7 Å². The third-order valence-corrected chi connectivity index (χ3v) is 7.82. The number of rotatable bonds is 8. The third-order valence-electron chi connectivity index (χ3n) is 7.82. The normalized spacial score (nSPS) is 14.1. The number of nitrogens with two attached hydrogens (primary N) is 1. The standard InChI is InChI=1S/C32H33N5O4/c1-20-29(21(2)41-35-20)24-17-26(31(33)38)30-25-16-23(32(39)34-10-11-36-12-14-40-15-13-36)8-9-27(25)37(28(30)18-24)19-22-6-4-3-5-7-22/h3-9,16-18H,10-15,19H2,1-2H3,(H2,33,38)(H,34,39). The number of aromatic nitrogens is 2. The molecule has 9 nitrogen and oxygen atoms in total. The van der Waals surface area contributed by atoms with Crippen LogP contribution < -0.4 is 11.1 Å². The fourth-order valence-corrected chi connectivity index (χ4v) is 5.79. The van der Waals surface area contributed by atoms with Crippen LogP contribution in [0, 0.1) is 13.8 Å². The molecule has 3 heterocycles. The Balaban J connectivity index is 1.46. The molecule has 5 aromatic rings. The minimum atomic E-state index is -0.539. The van der Waals surface area contributed by atoms with E-state index in [1.165, 1.54) is 0 Å². The molecule has 9 heteroatoms. The van der Waals surface area contributed by atoms with E-state index in [0.29, 0.717) is 30.0 Å². The van der Waals surface area contributed by atoms with E-state index in [1.54, 1.807) is 6.07 Å². The van der Waals surface area contributed by atoms with Gasteiger partial charge in [-0.3, -0.25) is 14.5 Å². The molecule has 1 fully saturated rings. The molecule has 0 unspecified atom stereocenters. The summed E-state index contributed by atoms with van der Waals surface area (Å²) in [5.74, 6) is -0.0288. The zero-order valence-electron chi connectivity index (χ0n) is 23.3. The number of benzene rings is 3. The van der Waals surface area contributed by atoms with Crippen molar-refractivity contribution < 1.29 is 18.8 Å². The van der Waals surface area contributed by atoms with Crippen molar-refractivity contribution in [3.05, 3.63) is 88.8 Å². The number of hydrogen-bond acceptors (Lipinski definition) is 6. The van der Waals surface area contributed by atoms with Crippen LogP contribution in [0.1, 0.15) is 37.7 Å². The maximum Gasteiger partial charge on any atom is 0.251 e. The molecule has 0 atom stereocenters. The van der Waals surface area contributed by atoms with Crippen LogP contribution in [0.25, 0.3) is 32.9 Å². The fourth-order valence-electron chi connectivity index (χ4n) is 5.79. The smallest absolute Gasteiger partial charge is 0.251 e. The van der Waals surface area contributed by atoms with Crippen LogP contribution in [0.3, 0.4) is 0 Å². The Morgan fingerprint density at radius 3 is 2.49 bits per heavy atom. The molecule has 6 rings (SSSR count). The van der Waals surface area contributed by atoms with E-state index in [9.17, 15) is 9.59 Å². The highest BCUT2D eigenvalue weighted by Gasteiger charge is 2.22. The Labute approximate surface area is 237 Å². The van der Waals surface area contributed by atoms with Gasteiger partial charge in [-0.1, -0.05) is 35.5 Å². The van der Waals surface area contributed by atoms with Crippen LogP contribution in [0.4, 0.5) is 0 Å². The zero-order chi connectivity index (χ0) is 28.5. The Hall–Kier alpha value is -4.47. The minimum absolute atomic E-state index is 0.155. The van der Waals surface area contributed by atoms with Gasteiger partial charge in [-0.25, -0.2) is 0 Å². The van der Waals surface area contributed by atoms with Crippen molar-refractivity contribution in [3.8, 4) is 11.1 Å². The molecule has 3 N–H and O–H groups in total. The van der Waals surface area contributed by atoms with E-state index >= 15 is 0 Å². The first-order valence-electron chi connectivity index (χ1n) is 13.9. The predicted octanol–water partition coefficient (Wildman–Crippen LogP) is 4.28. The van der Waals surface area contributed by atoms with E-state index in [2.05, 4.69) is 38.1 Å². The number of morpholine rings is 1. The highest BCUT2D eigenvalue weighted by molar-refractivity contribution is 6.20. The molecule has 1 aliphatic heterocycles. The fraction of sp³-hybridized carbons (Fsp3) is 0.281. The number of fused-ring (bicyclic) bond motifs is 3. The lowest BCUT2D eigenvalue weighted by atomic mass is 9.97. The Morgan fingerprint density at radius 2 is 1.78 bits per heavy atom. The second-order valence-electron chi connectivity index (χ2n) is 10.5. The SMILES string of the molecule is Cc1noc(C)c1-c1cc(C(N)=O)c2c3cc(C(=O)NCCN4CCOCC4)ccc3n(Cc3ccccc3)c2c1. The van der Waals surface area contributed by atoms with E-state index in [-0.39, 0.29) is 5.91 Å². The van der Waals surface area contributed by atoms with Crippen molar-refractivity contribution >= 4 is 33.6 Å². The van der Waals surface area contributed by atoms with Gasteiger partial charge < -0.3 is 24.9 Å². The lowest BCUT2D eigenvalue weighted by molar-refractivity contribution is 0.0383. The van der Waals surface area contributed by atoms with Crippen molar-refractivity contribution in [2.24, 2.45) is 5.73 Å². The topological polar surface area (TPSA) is 116 Å². The maximum atomic E-state index is 13.2. The molecule has 0 aliphatic carbocycles. The van der Waals surface area contributed by atoms with Crippen molar-refractivity contribution in [3.63, 3.8) is 0 Å². The molecular formula is C32H33N5O4. The minimum Gasteiger partial charge on any atom is -0.379 e. The number of carbonyl (C=O) groups excluding carboxylic acids is 2. The van der Waals surface area contributed by atoms with Crippen LogP contribution in [0.15, 0.2) is 65.2 Å². The first-order chi connectivity index (χ1) is 19.9. The second kappa shape index (κ2) is 11.2. The summed E-state index contributed by atoms with van der Waals surface area (Å²) in [7, 11) is 0. The van der Waals surface area contributed by atoms with Crippen molar-refractivity contribution in [2.45, 2.75) is 20.4 Å². The van der Waals surface area contributed by atoms with E-state index in [0.717, 1.165) is 77.0 Å². The number of primary amides is 1. The molecule has 41 heavy (non-hydrogen) atoms. The van der Waals surface area contributed by atoms with Crippen molar-refractivity contribution in [1.29, 1.82) is 0 Å². The van der Waals surface area contributed by atoms with Gasteiger partial charge in [-0.05, 0) is 55.3 Å². The molecule has 0 bridgehead atoms. The Kier molecular flexibility index (Phi) is 7.30. The molecule has 0 saturated carbocycles. The summed E-state index contributed by atoms with van der Waals surface area (Å²) in [5.41, 5.74) is 12.2. The molecule has 1 aliphatic rings. The first kappa shape index (κ1) is 26.7. The monoisotopic (exact) mass is 551 g/mol. The number of carbonyl (C=O) groups is 2.